The third-order valence-corrected chi connectivity index (χ3v) is 3.21. The summed E-state index contributed by atoms with van der Waals surface area (Å²) in [6.07, 6.45) is 1.69. The van der Waals surface area contributed by atoms with Gasteiger partial charge in [-0.15, -0.1) is 0 Å². The van der Waals surface area contributed by atoms with Gasteiger partial charge in [-0.25, -0.2) is 0 Å². The van der Waals surface area contributed by atoms with E-state index in [2.05, 4.69) is 16.5 Å². The van der Waals surface area contributed by atoms with Crippen molar-refractivity contribution in [3.8, 4) is 6.07 Å². The van der Waals surface area contributed by atoms with Crippen LogP contribution in [0.15, 0.2) is 30.3 Å². The second-order valence-electron chi connectivity index (χ2n) is 4.73. The van der Waals surface area contributed by atoms with Gasteiger partial charge in [0.25, 0.3) is 0 Å². The number of aromatic nitrogens is 2. The third kappa shape index (κ3) is 3.69. The van der Waals surface area contributed by atoms with E-state index in [9.17, 15) is 4.79 Å². The van der Waals surface area contributed by atoms with E-state index >= 15 is 0 Å². The van der Waals surface area contributed by atoms with Crippen LogP contribution < -0.4 is 5.32 Å². The molecule has 5 heteroatoms. The molecule has 0 radical (unpaired) electrons. The van der Waals surface area contributed by atoms with Crippen molar-refractivity contribution < 1.29 is 4.79 Å². The normalized spacial score (nSPS) is 10.1. The van der Waals surface area contributed by atoms with Crippen molar-refractivity contribution in [1.82, 2.24) is 9.78 Å². The number of hydrogen-bond acceptors (Lipinski definition) is 3. The maximum Gasteiger partial charge on any atom is 0.246 e. The molecule has 0 atom stereocenters. The Morgan fingerprint density at radius 1 is 1.33 bits per heavy atom. The lowest BCUT2D eigenvalue weighted by Gasteiger charge is -2.07. The Hall–Kier alpha value is -2.61. The van der Waals surface area contributed by atoms with Crippen LogP contribution in [-0.4, -0.2) is 15.7 Å². The molecular formula is C16H18N4O. The summed E-state index contributed by atoms with van der Waals surface area (Å²) in [6, 6.07) is 10.9. The molecule has 2 rings (SSSR count). The molecule has 5 nitrogen and oxygen atoms in total. The standard InChI is InChI=1S/C16H18N4O/c1-3-13-9-15(4-2)20(19-13)11-16(21)18-14-7-5-6-12(8-14)10-17/h5-9H,3-4,11H2,1-2H3,(H,18,21). The maximum atomic E-state index is 12.1. The summed E-state index contributed by atoms with van der Waals surface area (Å²) in [4.78, 5) is 12.1. The summed E-state index contributed by atoms with van der Waals surface area (Å²) >= 11 is 0. The lowest BCUT2D eigenvalue weighted by atomic mass is 10.2. The van der Waals surface area contributed by atoms with Gasteiger partial charge in [0.1, 0.15) is 6.54 Å². The molecule has 0 unspecified atom stereocenters. The van der Waals surface area contributed by atoms with Gasteiger partial charge in [-0.1, -0.05) is 19.9 Å². The van der Waals surface area contributed by atoms with Gasteiger partial charge in [-0.3, -0.25) is 9.48 Å². The molecule has 2 aromatic rings. The van der Waals surface area contributed by atoms with Crippen molar-refractivity contribution in [3.05, 3.63) is 47.3 Å². The van der Waals surface area contributed by atoms with Crippen molar-refractivity contribution in [1.29, 1.82) is 5.26 Å². The van der Waals surface area contributed by atoms with E-state index in [1.807, 2.05) is 19.9 Å². The monoisotopic (exact) mass is 282 g/mol. The molecule has 1 heterocycles. The number of anilines is 1. The first-order chi connectivity index (χ1) is 10.2. The highest BCUT2D eigenvalue weighted by Gasteiger charge is 2.10. The molecule has 0 saturated heterocycles. The predicted molar refractivity (Wildman–Crippen MR) is 80.8 cm³/mol. The van der Waals surface area contributed by atoms with Crippen molar-refractivity contribution >= 4 is 11.6 Å². The molecular weight excluding hydrogens is 264 g/mol. The van der Waals surface area contributed by atoms with Crippen molar-refractivity contribution in [2.45, 2.75) is 33.2 Å². The smallest absolute Gasteiger partial charge is 0.246 e. The minimum atomic E-state index is -0.148. The van der Waals surface area contributed by atoms with Gasteiger partial charge in [0.15, 0.2) is 0 Å². The summed E-state index contributed by atoms with van der Waals surface area (Å²) in [5.74, 6) is -0.148. The number of amides is 1. The average molecular weight is 282 g/mol. The molecule has 0 bridgehead atoms. The van der Waals surface area contributed by atoms with Crippen molar-refractivity contribution in [3.63, 3.8) is 0 Å². The van der Waals surface area contributed by atoms with Gasteiger partial charge in [0.05, 0.1) is 17.3 Å². The van der Waals surface area contributed by atoms with E-state index in [0.29, 0.717) is 11.3 Å². The van der Waals surface area contributed by atoms with E-state index in [4.69, 9.17) is 5.26 Å². The number of rotatable bonds is 5. The summed E-state index contributed by atoms with van der Waals surface area (Å²) in [7, 11) is 0. The van der Waals surface area contributed by atoms with Gasteiger partial charge >= 0.3 is 0 Å². The molecule has 21 heavy (non-hydrogen) atoms. The maximum absolute atomic E-state index is 12.1. The van der Waals surface area contributed by atoms with Crippen LogP contribution in [0.4, 0.5) is 5.69 Å². The minimum Gasteiger partial charge on any atom is -0.324 e. The van der Waals surface area contributed by atoms with E-state index in [0.717, 1.165) is 24.2 Å². The second-order valence-corrected chi connectivity index (χ2v) is 4.73. The Balaban J connectivity index is 2.08. The Bertz CT molecular complexity index is 682. The van der Waals surface area contributed by atoms with Crippen LogP contribution in [0.5, 0.6) is 0 Å². The first-order valence-electron chi connectivity index (χ1n) is 7.01. The zero-order chi connectivity index (χ0) is 15.2. The van der Waals surface area contributed by atoms with Gasteiger partial charge in [0, 0.05) is 11.4 Å². The molecule has 1 N–H and O–H groups in total. The van der Waals surface area contributed by atoms with Crippen LogP contribution in [0.2, 0.25) is 0 Å². The summed E-state index contributed by atoms with van der Waals surface area (Å²) in [5, 5.41) is 16.1. The zero-order valence-electron chi connectivity index (χ0n) is 12.3. The molecule has 0 saturated carbocycles. The summed E-state index contributed by atoms with van der Waals surface area (Å²) < 4.78 is 1.74. The van der Waals surface area contributed by atoms with E-state index in [-0.39, 0.29) is 12.5 Å². The fraction of sp³-hybridized carbons (Fsp3) is 0.312. The minimum absolute atomic E-state index is 0.148. The number of carbonyl (C=O) groups excluding carboxylic acids is 1. The highest BCUT2D eigenvalue weighted by atomic mass is 16.2. The summed E-state index contributed by atoms with van der Waals surface area (Å²) in [6.45, 7) is 4.26. The Morgan fingerprint density at radius 3 is 2.81 bits per heavy atom. The quantitative estimate of drug-likeness (QED) is 0.916. The number of carbonyl (C=O) groups is 1. The Morgan fingerprint density at radius 2 is 2.14 bits per heavy atom. The lowest BCUT2D eigenvalue weighted by molar-refractivity contribution is -0.116. The predicted octanol–water partition coefficient (Wildman–Crippen LogP) is 2.52. The largest absolute Gasteiger partial charge is 0.324 e. The summed E-state index contributed by atoms with van der Waals surface area (Å²) in [5.41, 5.74) is 3.19. The molecule has 0 fully saturated rings. The molecule has 1 amide bonds. The SMILES string of the molecule is CCc1cc(CC)n(CC(=O)Nc2cccc(C#N)c2)n1. The number of nitriles is 1. The van der Waals surface area contributed by atoms with Gasteiger partial charge in [0.2, 0.25) is 5.91 Å². The first kappa shape index (κ1) is 14.8. The van der Waals surface area contributed by atoms with Crippen LogP contribution in [0.3, 0.4) is 0 Å². The van der Waals surface area contributed by atoms with Crippen LogP contribution in [0, 0.1) is 11.3 Å². The number of benzene rings is 1. The van der Waals surface area contributed by atoms with Crippen molar-refractivity contribution in [2.24, 2.45) is 0 Å². The van der Waals surface area contributed by atoms with Crippen LogP contribution in [-0.2, 0) is 24.2 Å². The van der Waals surface area contributed by atoms with E-state index in [1.165, 1.54) is 0 Å². The molecule has 108 valence electrons. The highest BCUT2D eigenvalue weighted by molar-refractivity contribution is 5.90. The molecule has 1 aromatic carbocycles. The molecule has 0 aliphatic carbocycles. The van der Waals surface area contributed by atoms with Gasteiger partial charge in [-0.2, -0.15) is 10.4 Å². The highest BCUT2D eigenvalue weighted by Crippen LogP contribution is 2.11. The average Bonchev–Trinajstić information content (AvgIpc) is 2.89. The fourth-order valence-electron chi connectivity index (χ4n) is 2.11. The number of aryl methyl sites for hydroxylation is 2. The molecule has 1 aromatic heterocycles. The zero-order valence-corrected chi connectivity index (χ0v) is 12.3. The Kier molecular flexibility index (Phi) is 4.72. The number of hydrogen-bond donors (Lipinski definition) is 1. The first-order valence-corrected chi connectivity index (χ1v) is 7.01. The molecule has 0 aliphatic heterocycles. The Labute approximate surface area is 124 Å². The molecule has 0 spiro atoms. The third-order valence-electron chi connectivity index (χ3n) is 3.21. The number of nitrogens with zero attached hydrogens (tertiary/aromatic N) is 3. The van der Waals surface area contributed by atoms with Gasteiger partial charge in [-0.05, 0) is 37.1 Å². The van der Waals surface area contributed by atoms with Crippen LogP contribution in [0.1, 0.15) is 30.8 Å². The lowest BCUT2D eigenvalue weighted by Crippen LogP contribution is -2.20. The molecule has 0 aliphatic rings. The van der Waals surface area contributed by atoms with E-state index in [1.54, 1.807) is 28.9 Å². The van der Waals surface area contributed by atoms with Crippen molar-refractivity contribution in [2.75, 3.05) is 5.32 Å². The van der Waals surface area contributed by atoms with E-state index < -0.39 is 0 Å². The topological polar surface area (TPSA) is 70.7 Å². The fourth-order valence-corrected chi connectivity index (χ4v) is 2.11. The second kappa shape index (κ2) is 6.71. The van der Waals surface area contributed by atoms with Crippen LogP contribution in [0.25, 0.3) is 0 Å². The van der Waals surface area contributed by atoms with Gasteiger partial charge < -0.3 is 5.32 Å². The number of nitrogens with one attached hydrogen (secondary N) is 1. The van der Waals surface area contributed by atoms with Crippen LogP contribution >= 0.6 is 0 Å².